The molecular formula is C13H13N3Na2O2S. The van der Waals surface area contributed by atoms with Crippen LogP contribution in [0.3, 0.4) is 0 Å². The van der Waals surface area contributed by atoms with Gasteiger partial charge >= 0.3 is 59.1 Å². The van der Waals surface area contributed by atoms with Crippen LogP contribution in [0.1, 0.15) is 8.55 Å². The van der Waals surface area contributed by atoms with Crippen LogP contribution < -0.4 is 64.5 Å². The first kappa shape index (κ1) is 18.8. The van der Waals surface area contributed by atoms with Gasteiger partial charge in [0.05, 0.1) is 27.6 Å². The number of hydrogen-bond acceptors (Lipinski definition) is 3. The molecule has 0 amide bonds. The smallest absolute Gasteiger partial charge is 1.00 e. The van der Waals surface area contributed by atoms with Crippen LogP contribution in [0, 0.1) is 0 Å². The number of H-pyrrole nitrogens is 2. The molecule has 0 saturated heterocycles. The molecule has 2 N–H and O–H groups in total. The van der Waals surface area contributed by atoms with Gasteiger partial charge in [-0.3, -0.25) is 9.00 Å². The fourth-order valence-corrected chi connectivity index (χ4v) is 2.83. The molecule has 21 heavy (non-hydrogen) atoms. The van der Waals surface area contributed by atoms with Crippen molar-refractivity contribution in [1.29, 1.82) is 0 Å². The van der Waals surface area contributed by atoms with Crippen molar-refractivity contribution >= 4 is 21.8 Å². The number of nitrogens with zero attached hydrogens (tertiary/aromatic N) is 1. The number of aromatic nitrogens is 3. The van der Waals surface area contributed by atoms with Crippen molar-refractivity contribution in [3.63, 3.8) is 0 Å². The quantitative estimate of drug-likeness (QED) is 0.480. The van der Waals surface area contributed by atoms with Crippen LogP contribution in [0.25, 0.3) is 11.0 Å². The van der Waals surface area contributed by atoms with E-state index in [4.69, 9.17) is 0 Å². The summed E-state index contributed by atoms with van der Waals surface area (Å²) < 4.78 is 12.2. The molecule has 2 heterocycles. The van der Waals surface area contributed by atoms with Crippen LogP contribution in [0.2, 0.25) is 0 Å². The molecule has 0 spiro atoms. The fraction of sp³-hybridized carbons (Fsp3) is 0.0769. The Kier molecular flexibility index (Phi) is 7.56. The third-order valence-corrected chi connectivity index (χ3v) is 3.90. The van der Waals surface area contributed by atoms with E-state index in [1.54, 1.807) is 6.20 Å². The zero-order chi connectivity index (χ0) is 13.2. The monoisotopic (exact) mass is 321 g/mol. The molecule has 5 nitrogen and oxygen atoms in total. The summed E-state index contributed by atoms with van der Waals surface area (Å²) in [6, 6.07) is 10.4. The average Bonchev–Trinajstić information content (AvgIpc) is 2.82. The summed E-state index contributed by atoms with van der Waals surface area (Å²) >= 11 is 0. The normalized spacial score (nSPS) is 11.4. The van der Waals surface area contributed by atoms with Gasteiger partial charge in [-0.15, -0.1) is 0 Å². The zero-order valence-corrected chi connectivity index (χ0v) is 16.7. The van der Waals surface area contributed by atoms with Gasteiger partial charge < -0.3 is 12.8 Å². The molecule has 0 saturated carbocycles. The number of aromatic amines is 2. The predicted octanol–water partition coefficient (Wildman–Crippen LogP) is -4.21. The van der Waals surface area contributed by atoms with Crippen molar-refractivity contribution in [2.24, 2.45) is 0 Å². The number of imidazole rings is 1. The van der Waals surface area contributed by atoms with E-state index in [0.29, 0.717) is 10.9 Å². The van der Waals surface area contributed by atoms with Crippen molar-refractivity contribution in [3.8, 4) is 0 Å². The van der Waals surface area contributed by atoms with Crippen LogP contribution in [-0.4, -0.2) is 19.2 Å². The van der Waals surface area contributed by atoms with Crippen molar-refractivity contribution < 1.29 is 66.2 Å². The standard InChI is InChI=1S/C13H11N3O2S.2Na.2H/c17-10-5-6-14-9(7-10)8-19(18)13-15-11-3-1-2-4-12(11)16-13;;;;/h1-7H,8H2,(H,14,17)(H,15,16);;;;/q;2*+1;2*-1. The number of rotatable bonds is 3. The molecular weight excluding hydrogens is 308 g/mol. The molecule has 8 heteroatoms. The molecule has 0 fully saturated rings. The summed E-state index contributed by atoms with van der Waals surface area (Å²) in [6.45, 7) is 0. The second-order valence-corrected chi connectivity index (χ2v) is 5.46. The van der Waals surface area contributed by atoms with E-state index in [1.807, 2.05) is 24.3 Å². The van der Waals surface area contributed by atoms with Crippen molar-refractivity contribution in [2.75, 3.05) is 0 Å². The van der Waals surface area contributed by atoms with E-state index >= 15 is 0 Å². The summed E-state index contributed by atoms with van der Waals surface area (Å²) in [5.74, 6) is 0.232. The summed E-state index contributed by atoms with van der Waals surface area (Å²) in [4.78, 5) is 21.4. The van der Waals surface area contributed by atoms with Gasteiger partial charge in [-0.05, 0) is 12.1 Å². The van der Waals surface area contributed by atoms with Gasteiger partial charge in [-0.25, -0.2) is 4.98 Å². The zero-order valence-electron chi connectivity index (χ0n) is 13.9. The van der Waals surface area contributed by atoms with Crippen molar-refractivity contribution in [3.05, 3.63) is 58.5 Å². The Hall–Kier alpha value is -0.210. The van der Waals surface area contributed by atoms with Gasteiger partial charge in [-0.2, -0.15) is 0 Å². The number of benzene rings is 1. The van der Waals surface area contributed by atoms with Gasteiger partial charge in [0.15, 0.2) is 10.6 Å². The van der Waals surface area contributed by atoms with E-state index in [1.165, 1.54) is 12.1 Å². The minimum Gasteiger partial charge on any atom is -1.00 e. The maximum Gasteiger partial charge on any atom is 1.00 e. The van der Waals surface area contributed by atoms with Crippen LogP contribution in [0.4, 0.5) is 0 Å². The molecule has 0 aliphatic carbocycles. The predicted molar refractivity (Wildman–Crippen MR) is 75.5 cm³/mol. The Morgan fingerprint density at radius 3 is 2.67 bits per heavy atom. The molecule has 2 aromatic heterocycles. The summed E-state index contributed by atoms with van der Waals surface area (Å²) in [5.41, 5.74) is 2.17. The topological polar surface area (TPSA) is 78.6 Å². The van der Waals surface area contributed by atoms with Gasteiger partial charge in [0.25, 0.3) is 0 Å². The number of pyridine rings is 1. The van der Waals surface area contributed by atoms with Crippen molar-refractivity contribution in [1.82, 2.24) is 15.0 Å². The van der Waals surface area contributed by atoms with Gasteiger partial charge in [0.2, 0.25) is 0 Å². The molecule has 3 rings (SSSR count). The molecule has 1 atom stereocenters. The third kappa shape index (κ3) is 4.63. The number of para-hydroxylation sites is 2. The van der Waals surface area contributed by atoms with E-state index in [-0.39, 0.29) is 73.1 Å². The molecule has 0 aliphatic rings. The fourth-order valence-electron chi connectivity index (χ4n) is 1.82. The van der Waals surface area contributed by atoms with E-state index in [2.05, 4.69) is 15.0 Å². The average molecular weight is 321 g/mol. The van der Waals surface area contributed by atoms with E-state index < -0.39 is 10.8 Å². The molecule has 0 aliphatic heterocycles. The van der Waals surface area contributed by atoms with E-state index in [0.717, 1.165) is 11.0 Å². The molecule has 1 aromatic carbocycles. The molecule has 0 radical (unpaired) electrons. The maximum absolute atomic E-state index is 12.2. The van der Waals surface area contributed by atoms with Gasteiger partial charge in [-0.1, -0.05) is 12.1 Å². The Bertz CT molecular complexity index is 793. The third-order valence-electron chi connectivity index (χ3n) is 2.70. The second kappa shape index (κ2) is 8.43. The Morgan fingerprint density at radius 2 is 1.95 bits per heavy atom. The number of nitrogens with one attached hydrogen (secondary N) is 2. The number of fused-ring (bicyclic) bond motifs is 1. The van der Waals surface area contributed by atoms with E-state index in [9.17, 15) is 9.00 Å². The maximum atomic E-state index is 12.2. The minimum absolute atomic E-state index is 0. The van der Waals surface area contributed by atoms with Crippen LogP contribution in [0.15, 0.2) is 52.5 Å². The van der Waals surface area contributed by atoms with Crippen LogP contribution in [-0.2, 0) is 16.6 Å². The molecule has 3 aromatic rings. The Morgan fingerprint density at radius 1 is 1.19 bits per heavy atom. The van der Waals surface area contributed by atoms with Gasteiger partial charge in [0, 0.05) is 24.0 Å². The largest absolute Gasteiger partial charge is 1.00 e. The first-order valence-electron chi connectivity index (χ1n) is 5.73. The summed E-state index contributed by atoms with van der Waals surface area (Å²) in [5, 5.41) is 0.422. The van der Waals surface area contributed by atoms with Crippen LogP contribution >= 0.6 is 0 Å². The molecule has 1 unspecified atom stereocenters. The molecule has 0 bridgehead atoms. The summed E-state index contributed by atoms with van der Waals surface area (Å²) in [6.07, 6.45) is 1.55. The Balaban J connectivity index is 0. The molecule has 100 valence electrons. The SMILES string of the molecule is O=c1cc[nH]c(CS(=O)c2nc3ccccc3[nH]2)c1.[H-].[H-].[Na+].[Na+]. The minimum atomic E-state index is -1.31. The Labute approximate surface area is 171 Å². The van der Waals surface area contributed by atoms with Crippen molar-refractivity contribution in [2.45, 2.75) is 10.9 Å². The summed E-state index contributed by atoms with van der Waals surface area (Å²) in [7, 11) is -1.31. The number of hydrogen-bond donors (Lipinski definition) is 2. The van der Waals surface area contributed by atoms with Crippen LogP contribution in [0.5, 0.6) is 0 Å². The first-order chi connectivity index (χ1) is 9.22. The second-order valence-electron chi connectivity index (χ2n) is 4.10. The van der Waals surface area contributed by atoms with Gasteiger partial charge in [0.1, 0.15) is 0 Å². The first-order valence-corrected chi connectivity index (χ1v) is 7.05.